The Morgan fingerprint density at radius 2 is 2.16 bits per heavy atom. The smallest absolute Gasteiger partial charge is 0.255 e. The van der Waals surface area contributed by atoms with Gasteiger partial charge in [-0.3, -0.25) is 4.79 Å². The van der Waals surface area contributed by atoms with Crippen molar-refractivity contribution >= 4 is 11.7 Å². The van der Waals surface area contributed by atoms with E-state index >= 15 is 0 Å². The maximum Gasteiger partial charge on any atom is 0.255 e. The minimum atomic E-state index is -0.490. The van der Waals surface area contributed by atoms with E-state index in [-0.39, 0.29) is 17.5 Å². The molecule has 4 nitrogen and oxygen atoms in total. The van der Waals surface area contributed by atoms with Gasteiger partial charge in [-0.15, -0.1) is 0 Å². The number of nitrogens with one attached hydrogen (secondary N) is 2. The van der Waals surface area contributed by atoms with Crippen molar-refractivity contribution in [2.45, 2.75) is 45.1 Å². The first kappa shape index (κ1) is 13.8. The van der Waals surface area contributed by atoms with Gasteiger partial charge in [0.05, 0.1) is 11.8 Å². The van der Waals surface area contributed by atoms with Gasteiger partial charge in [-0.05, 0) is 25.8 Å². The molecule has 0 bridgehead atoms. The number of pyridine rings is 1. The van der Waals surface area contributed by atoms with Gasteiger partial charge in [0.15, 0.2) is 0 Å². The van der Waals surface area contributed by atoms with Crippen molar-refractivity contribution in [2.75, 3.05) is 11.9 Å². The van der Waals surface area contributed by atoms with Gasteiger partial charge in [0.2, 0.25) is 0 Å². The van der Waals surface area contributed by atoms with Gasteiger partial charge in [0.1, 0.15) is 11.6 Å². The molecule has 0 aliphatic heterocycles. The third kappa shape index (κ3) is 3.66. The fourth-order valence-corrected chi connectivity index (χ4v) is 2.43. The lowest BCUT2D eigenvalue weighted by Crippen LogP contribution is -2.36. The number of halogens is 1. The fraction of sp³-hybridized carbons (Fsp3) is 0.571. The molecule has 104 valence electrons. The Balaban J connectivity index is 2.10. The summed E-state index contributed by atoms with van der Waals surface area (Å²) in [7, 11) is 0. The highest BCUT2D eigenvalue weighted by Crippen LogP contribution is 2.19. The molecule has 1 amide bonds. The Bertz CT molecular complexity index is 444. The summed E-state index contributed by atoms with van der Waals surface area (Å²) >= 11 is 0. The molecular weight excluding hydrogens is 245 g/mol. The van der Waals surface area contributed by atoms with Crippen LogP contribution in [0.3, 0.4) is 0 Å². The van der Waals surface area contributed by atoms with Crippen LogP contribution in [-0.2, 0) is 0 Å². The molecule has 1 aliphatic carbocycles. The Hall–Kier alpha value is -1.65. The van der Waals surface area contributed by atoms with E-state index in [0.29, 0.717) is 12.4 Å². The molecule has 0 aromatic carbocycles. The van der Waals surface area contributed by atoms with Gasteiger partial charge >= 0.3 is 0 Å². The zero-order valence-corrected chi connectivity index (χ0v) is 11.2. The lowest BCUT2D eigenvalue weighted by Gasteiger charge is -2.23. The van der Waals surface area contributed by atoms with Crippen LogP contribution in [0.1, 0.15) is 49.4 Å². The topological polar surface area (TPSA) is 54.0 Å². The standard InChI is InChI=1S/C14H20FN3O/c1-2-16-13-12(8-10(15)9-17-13)14(19)18-11-6-4-3-5-7-11/h8-9,11H,2-7H2,1H3,(H,16,17)(H,18,19). The van der Waals surface area contributed by atoms with Gasteiger partial charge in [0.25, 0.3) is 5.91 Å². The van der Waals surface area contributed by atoms with E-state index in [0.717, 1.165) is 31.9 Å². The van der Waals surface area contributed by atoms with Crippen LogP contribution in [-0.4, -0.2) is 23.5 Å². The molecule has 19 heavy (non-hydrogen) atoms. The molecule has 1 aromatic heterocycles. The van der Waals surface area contributed by atoms with Crippen molar-refractivity contribution in [1.82, 2.24) is 10.3 Å². The molecule has 1 heterocycles. The quantitative estimate of drug-likeness (QED) is 0.880. The minimum Gasteiger partial charge on any atom is -0.370 e. The monoisotopic (exact) mass is 265 g/mol. The highest BCUT2D eigenvalue weighted by molar-refractivity contribution is 5.98. The molecule has 2 rings (SSSR count). The van der Waals surface area contributed by atoms with Gasteiger partial charge < -0.3 is 10.6 Å². The van der Waals surface area contributed by atoms with Crippen LogP contribution in [0.5, 0.6) is 0 Å². The molecular formula is C14H20FN3O. The number of rotatable bonds is 4. The molecule has 0 unspecified atom stereocenters. The molecule has 1 saturated carbocycles. The fourth-order valence-electron chi connectivity index (χ4n) is 2.43. The minimum absolute atomic E-state index is 0.207. The normalized spacial score (nSPS) is 16.1. The van der Waals surface area contributed by atoms with E-state index in [9.17, 15) is 9.18 Å². The summed E-state index contributed by atoms with van der Waals surface area (Å²) in [5.74, 6) is -0.289. The number of nitrogens with zero attached hydrogens (tertiary/aromatic N) is 1. The third-order valence-corrected chi connectivity index (χ3v) is 3.38. The zero-order valence-electron chi connectivity index (χ0n) is 11.2. The molecule has 0 atom stereocenters. The Labute approximate surface area is 112 Å². The third-order valence-electron chi connectivity index (χ3n) is 3.38. The van der Waals surface area contributed by atoms with Gasteiger partial charge in [-0.2, -0.15) is 0 Å². The van der Waals surface area contributed by atoms with Crippen LogP contribution < -0.4 is 10.6 Å². The summed E-state index contributed by atoms with van der Waals surface area (Å²) in [5, 5.41) is 5.96. The van der Waals surface area contributed by atoms with Crippen molar-refractivity contribution in [2.24, 2.45) is 0 Å². The van der Waals surface area contributed by atoms with Crippen molar-refractivity contribution in [3.05, 3.63) is 23.6 Å². The average molecular weight is 265 g/mol. The zero-order chi connectivity index (χ0) is 13.7. The van der Waals surface area contributed by atoms with E-state index < -0.39 is 5.82 Å². The summed E-state index contributed by atoms with van der Waals surface area (Å²) in [5.41, 5.74) is 0.285. The predicted molar refractivity (Wildman–Crippen MR) is 72.7 cm³/mol. The molecule has 1 fully saturated rings. The first-order valence-electron chi connectivity index (χ1n) is 6.91. The Morgan fingerprint density at radius 3 is 2.84 bits per heavy atom. The van der Waals surface area contributed by atoms with Crippen molar-refractivity contribution in [1.29, 1.82) is 0 Å². The van der Waals surface area contributed by atoms with E-state index in [4.69, 9.17) is 0 Å². The van der Waals surface area contributed by atoms with Crippen LogP contribution >= 0.6 is 0 Å². The summed E-state index contributed by atoms with van der Waals surface area (Å²) in [4.78, 5) is 16.1. The highest BCUT2D eigenvalue weighted by atomic mass is 19.1. The maximum absolute atomic E-state index is 13.3. The predicted octanol–water partition coefficient (Wildman–Crippen LogP) is 2.72. The molecule has 0 radical (unpaired) electrons. The number of aromatic nitrogens is 1. The Kier molecular flexibility index (Phi) is 4.71. The van der Waals surface area contributed by atoms with Gasteiger partial charge in [0, 0.05) is 12.6 Å². The van der Waals surface area contributed by atoms with E-state index in [1.54, 1.807) is 0 Å². The molecule has 1 aliphatic rings. The maximum atomic E-state index is 13.3. The number of amides is 1. The summed E-state index contributed by atoms with van der Waals surface area (Å²) < 4.78 is 13.3. The van der Waals surface area contributed by atoms with Crippen LogP contribution in [0.15, 0.2) is 12.3 Å². The number of carbonyl (C=O) groups is 1. The van der Waals surface area contributed by atoms with E-state index in [1.807, 2.05) is 6.92 Å². The molecule has 0 spiro atoms. The van der Waals surface area contributed by atoms with Crippen molar-refractivity contribution in [3.63, 3.8) is 0 Å². The molecule has 0 saturated heterocycles. The Morgan fingerprint density at radius 1 is 1.42 bits per heavy atom. The second-order valence-electron chi connectivity index (χ2n) is 4.89. The van der Waals surface area contributed by atoms with Crippen molar-refractivity contribution in [3.8, 4) is 0 Å². The summed E-state index contributed by atoms with van der Waals surface area (Å²) in [6.07, 6.45) is 6.65. The molecule has 1 aromatic rings. The summed E-state index contributed by atoms with van der Waals surface area (Å²) in [6.45, 7) is 2.55. The number of carbonyl (C=O) groups excluding carboxylic acids is 1. The SMILES string of the molecule is CCNc1ncc(F)cc1C(=O)NC1CCCCC1. The lowest BCUT2D eigenvalue weighted by atomic mass is 9.95. The largest absolute Gasteiger partial charge is 0.370 e. The van der Waals surface area contributed by atoms with Crippen LogP contribution in [0.4, 0.5) is 10.2 Å². The van der Waals surface area contributed by atoms with E-state index in [1.165, 1.54) is 12.5 Å². The van der Waals surface area contributed by atoms with Crippen LogP contribution in [0, 0.1) is 5.82 Å². The van der Waals surface area contributed by atoms with E-state index in [2.05, 4.69) is 15.6 Å². The first-order chi connectivity index (χ1) is 9.20. The first-order valence-corrected chi connectivity index (χ1v) is 6.91. The summed E-state index contributed by atoms with van der Waals surface area (Å²) in [6, 6.07) is 1.45. The lowest BCUT2D eigenvalue weighted by molar-refractivity contribution is 0.0928. The van der Waals surface area contributed by atoms with Crippen LogP contribution in [0.2, 0.25) is 0 Å². The van der Waals surface area contributed by atoms with Gasteiger partial charge in [-0.1, -0.05) is 19.3 Å². The van der Waals surface area contributed by atoms with Crippen molar-refractivity contribution < 1.29 is 9.18 Å². The second-order valence-corrected chi connectivity index (χ2v) is 4.89. The average Bonchev–Trinajstić information content (AvgIpc) is 2.42. The molecule has 2 N–H and O–H groups in total. The number of anilines is 1. The van der Waals surface area contributed by atoms with Crippen LogP contribution in [0.25, 0.3) is 0 Å². The second kappa shape index (κ2) is 6.50. The number of hydrogen-bond donors (Lipinski definition) is 2. The van der Waals surface area contributed by atoms with Gasteiger partial charge in [-0.25, -0.2) is 9.37 Å². The number of hydrogen-bond acceptors (Lipinski definition) is 3. The highest BCUT2D eigenvalue weighted by Gasteiger charge is 2.19. The molecule has 5 heteroatoms.